The Balaban J connectivity index is 1.75. The topological polar surface area (TPSA) is 112 Å². The Morgan fingerprint density at radius 1 is 1.24 bits per heavy atom. The Morgan fingerprint density at radius 3 is 2.69 bits per heavy atom. The van der Waals surface area contributed by atoms with E-state index in [1.807, 2.05) is 0 Å². The van der Waals surface area contributed by atoms with Crippen LogP contribution in [0.4, 0.5) is 10.1 Å². The highest BCUT2D eigenvalue weighted by Gasteiger charge is 2.26. The molecule has 3 aromatic rings. The van der Waals surface area contributed by atoms with Crippen molar-refractivity contribution in [2.75, 3.05) is 5.32 Å². The largest absolute Gasteiger partial charge is 0.339 e. The van der Waals surface area contributed by atoms with E-state index < -0.39 is 29.5 Å². The number of fused-ring (bicyclic) bond motifs is 1. The second-order valence-corrected chi connectivity index (χ2v) is 6.80. The van der Waals surface area contributed by atoms with Crippen LogP contribution < -0.4 is 16.6 Å². The average Bonchev–Trinajstić information content (AvgIpc) is 3.13. The molecule has 0 fully saturated rings. The first-order chi connectivity index (χ1) is 13.9. The highest BCUT2D eigenvalue weighted by molar-refractivity contribution is 5.90. The zero-order chi connectivity index (χ0) is 20.5. The van der Waals surface area contributed by atoms with Crippen molar-refractivity contribution in [1.29, 1.82) is 0 Å². The molecular formula is C19H18FN5O4. The van der Waals surface area contributed by atoms with E-state index in [0.717, 1.165) is 17.4 Å². The van der Waals surface area contributed by atoms with Crippen LogP contribution in [-0.4, -0.2) is 25.2 Å². The van der Waals surface area contributed by atoms with Crippen LogP contribution in [0.2, 0.25) is 0 Å². The Bertz CT molecular complexity index is 1190. The summed E-state index contributed by atoms with van der Waals surface area (Å²) in [6, 6.07) is 5.19. The Morgan fingerprint density at radius 2 is 2.00 bits per heavy atom. The molecule has 0 atom stereocenters. The molecule has 1 amide bonds. The SMILES string of the molecule is Cc1nc(-c2c3n(c(=O)n(CC(=O)Nc4ccc(F)cc4)c2=O)CCCC3)no1. The summed E-state index contributed by atoms with van der Waals surface area (Å²) in [6.07, 6.45) is 2.16. The summed E-state index contributed by atoms with van der Waals surface area (Å²) in [6.45, 7) is 1.56. The van der Waals surface area contributed by atoms with E-state index in [2.05, 4.69) is 15.5 Å². The van der Waals surface area contributed by atoms with Crippen molar-refractivity contribution in [2.45, 2.75) is 39.3 Å². The number of nitrogens with zero attached hydrogens (tertiary/aromatic N) is 4. The van der Waals surface area contributed by atoms with Crippen LogP contribution in [0.15, 0.2) is 38.4 Å². The van der Waals surface area contributed by atoms with Gasteiger partial charge in [0.25, 0.3) is 5.56 Å². The molecule has 9 nitrogen and oxygen atoms in total. The minimum Gasteiger partial charge on any atom is -0.339 e. The molecule has 0 saturated heterocycles. The summed E-state index contributed by atoms with van der Waals surface area (Å²) in [5, 5.41) is 6.38. The Labute approximate surface area is 163 Å². The van der Waals surface area contributed by atoms with Crippen LogP contribution in [0.1, 0.15) is 24.4 Å². The average molecular weight is 399 g/mol. The first-order valence-electron chi connectivity index (χ1n) is 9.16. The molecule has 150 valence electrons. The van der Waals surface area contributed by atoms with Gasteiger partial charge in [0, 0.05) is 24.8 Å². The van der Waals surface area contributed by atoms with Gasteiger partial charge in [0.1, 0.15) is 17.9 Å². The molecule has 1 aliphatic heterocycles. The van der Waals surface area contributed by atoms with Crippen molar-refractivity contribution in [1.82, 2.24) is 19.3 Å². The monoisotopic (exact) mass is 399 g/mol. The van der Waals surface area contributed by atoms with Gasteiger partial charge in [-0.1, -0.05) is 5.16 Å². The number of halogens is 1. The quantitative estimate of drug-likeness (QED) is 0.711. The number of carbonyl (C=O) groups is 1. The van der Waals surface area contributed by atoms with E-state index >= 15 is 0 Å². The standard InChI is InChI=1S/C19H18FN5O4/c1-11-21-17(23-29-11)16-14-4-2-3-9-24(14)19(28)25(18(16)27)10-15(26)22-13-7-5-12(20)6-8-13/h5-8H,2-4,9-10H2,1H3,(H,22,26). The van der Waals surface area contributed by atoms with Crippen LogP contribution in [0.3, 0.4) is 0 Å². The van der Waals surface area contributed by atoms with Crippen molar-refractivity contribution >= 4 is 11.6 Å². The van der Waals surface area contributed by atoms with Gasteiger partial charge in [-0.15, -0.1) is 0 Å². The minimum absolute atomic E-state index is 0.103. The lowest BCUT2D eigenvalue weighted by Gasteiger charge is -2.21. The summed E-state index contributed by atoms with van der Waals surface area (Å²) in [5.74, 6) is -0.624. The first-order valence-corrected chi connectivity index (χ1v) is 9.16. The number of carbonyl (C=O) groups excluding carboxylic acids is 1. The number of amides is 1. The zero-order valence-electron chi connectivity index (χ0n) is 15.6. The smallest absolute Gasteiger partial charge is 0.331 e. The highest BCUT2D eigenvalue weighted by Crippen LogP contribution is 2.21. The van der Waals surface area contributed by atoms with E-state index in [1.165, 1.54) is 28.8 Å². The second kappa shape index (κ2) is 7.46. The number of aromatic nitrogens is 4. The van der Waals surface area contributed by atoms with Crippen molar-refractivity contribution in [3.05, 3.63) is 62.5 Å². The molecule has 29 heavy (non-hydrogen) atoms. The lowest BCUT2D eigenvalue weighted by Crippen LogP contribution is -2.45. The molecular weight excluding hydrogens is 381 g/mol. The molecule has 0 bridgehead atoms. The molecule has 1 aromatic carbocycles. The van der Waals surface area contributed by atoms with Gasteiger partial charge in [0.2, 0.25) is 17.6 Å². The lowest BCUT2D eigenvalue weighted by molar-refractivity contribution is -0.116. The normalized spacial score (nSPS) is 13.2. The third kappa shape index (κ3) is 3.60. The lowest BCUT2D eigenvalue weighted by atomic mass is 10.0. The summed E-state index contributed by atoms with van der Waals surface area (Å²) in [7, 11) is 0. The number of nitrogens with one attached hydrogen (secondary N) is 1. The summed E-state index contributed by atoms with van der Waals surface area (Å²) in [4.78, 5) is 42.6. The molecule has 0 radical (unpaired) electrons. The van der Waals surface area contributed by atoms with Gasteiger partial charge in [-0.25, -0.2) is 9.18 Å². The number of hydrogen-bond acceptors (Lipinski definition) is 6. The van der Waals surface area contributed by atoms with Gasteiger partial charge < -0.3 is 9.84 Å². The number of hydrogen-bond donors (Lipinski definition) is 1. The molecule has 2 aromatic heterocycles. The van der Waals surface area contributed by atoms with E-state index in [1.54, 1.807) is 6.92 Å². The van der Waals surface area contributed by atoms with Crippen LogP contribution in [-0.2, 0) is 24.3 Å². The predicted molar refractivity (Wildman–Crippen MR) is 101 cm³/mol. The summed E-state index contributed by atoms with van der Waals surface area (Å²) >= 11 is 0. The van der Waals surface area contributed by atoms with Gasteiger partial charge in [-0.2, -0.15) is 4.98 Å². The maximum Gasteiger partial charge on any atom is 0.331 e. The number of aryl methyl sites for hydroxylation is 1. The van der Waals surface area contributed by atoms with E-state index in [0.29, 0.717) is 30.2 Å². The molecule has 0 aliphatic carbocycles. The summed E-state index contributed by atoms with van der Waals surface area (Å²) < 4.78 is 20.4. The van der Waals surface area contributed by atoms with E-state index in [9.17, 15) is 18.8 Å². The molecule has 1 aliphatic rings. The molecule has 0 spiro atoms. The maximum atomic E-state index is 13.1. The number of anilines is 1. The molecule has 10 heteroatoms. The number of rotatable bonds is 4. The van der Waals surface area contributed by atoms with Gasteiger partial charge in [0.05, 0.1) is 0 Å². The van der Waals surface area contributed by atoms with Crippen LogP contribution in [0.5, 0.6) is 0 Å². The third-order valence-electron chi connectivity index (χ3n) is 4.76. The minimum atomic E-state index is -0.641. The van der Waals surface area contributed by atoms with Gasteiger partial charge in [-0.3, -0.25) is 18.7 Å². The van der Waals surface area contributed by atoms with Crippen molar-refractivity contribution in [3.8, 4) is 11.4 Å². The Kier molecular flexibility index (Phi) is 4.83. The molecule has 0 unspecified atom stereocenters. The van der Waals surface area contributed by atoms with Crippen molar-refractivity contribution in [3.63, 3.8) is 0 Å². The van der Waals surface area contributed by atoms with Crippen molar-refractivity contribution < 1.29 is 13.7 Å². The second-order valence-electron chi connectivity index (χ2n) is 6.80. The van der Waals surface area contributed by atoms with Crippen LogP contribution >= 0.6 is 0 Å². The predicted octanol–water partition coefficient (Wildman–Crippen LogP) is 1.48. The van der Waals surface area contributed by atoms with Crippen LogP contribution in [0.25, 0.3) is 11.4 Å². The van der Waals surface area contributed by atoms with E-state index in [4.69, 9.17) is 4.52 Å². The fourth-order valence-corrected chi connectivity index (χ4v) is 3.44. The molecule has 0 saturated carbocycles. The van der Waals surface area contributed by atoms with Gasteiger partial charge in [0.15, 0.2) is 0 Å². The fraction of sp³-hybridized carbons (Fsp3) is 0.316. The highest BCUT2D eigenvalue weighted by atomic mass is 19.1. The fourth-order valence-electron chi connectivity index (χ4n) is 3.44. The molecule has 3 heterocycles. The third-order valence-corrected chi connectivity index (χ3v) is 4.76. The van der Waals surface area contributed by atoms with Gasteiger partial charge >= 0.3 is 5.69 Å². The van der Waals surface area contributed by atoms with Crippen molar-refractivity contribution in [2.24, 2.45) is 0 Å². The summed E-state index contributed by atoms with van der Waals surface area (Å²) in [5.41, 5.74) is -0.101. The first kappa shape index (κ1) is 18.8. The maximum absolute atomic E-state index is 13.1. The molecule has 1 N–H and O–H groups in total. The zero-order valence-corrected chi connectivity index (χ0v) is 15.6. The number of benzene rings is 1. The van der Waals surface area contributed by atoms with Crippen LogP contribution in [0, 0.1) is 12.7 Å². The van der Waals surface area contributed by atoms with E-state index in [-0.39, 0.29) is 11.4 Å². The Hall–Kier alpha value is -3.56. The molecule has 4 rings (SSSR count). The van der Waals surface area contributed by atoms with Gasteiger partial charge in [-0.05, 0) is 43.5 Å².